The Morgan fingerprint density at radius 2 is 1.80 bits per heavy atom. The molecule has 2 aromatic carbocycles. The Hall–Kier alpha value is -2.29. The van der Waals surface area contributed by atoms with Gasteiger partial charge in [0, 0.05) is 0 Å². The van der Waals surface area contributed by atoms with Gasteiger partial charge < -0.3 is 10.4 Å². The molecule has 0 saturated heterocycles. The number of nitrogens with one attached hydrogen (secondary N) is 1. The third-order valence-electron chi connectivity index (χ3n) is 5.21. The van der Waals surface area contributed by atoms with Crippen LogP contribution in [0.25, 0.3) is 11.1 Å². The zero-order valence-corrected chi connectivity index (χ0v) is 15.7. The number of benzene rings is 2. The molecule has 2 aromatic rings. The second-order valence-corrected chi connectivity index (χ2v) is 8.79. The van der Waals surface area contributed by atoms with Crippen molar-refractivity contribution in [2.45, 2.75) is 52.5 Å². The minimum atomic E-state index is -0.965. The fraction of sp³-hybridized carbons (Fsp3) is 0.409. The van der Waals surface area contributed by atoms with Crippen LogP contribution in [0.3, 0.4) is 0 Å². The van der Waals surface area contributed by atoms with Gasteiger partial charge in [-0.15, -0.1) is 0 Å². The van der Waals surface area contributed by atoms with Crippen LogP contribution in [-0.2, 0) is 11.8 Å². The number of rotatable bonds is 2. The molecule has 1 aliphatic carbocycles. The first kappa shape index (κ1) is 17.5. The minimum absolute atomic E-state index is 0.116. The van der Waals surface area contributed by atoms with E-state index in [9.17, 15) is 4.79 Å². The first-order valence-corrected chi connectivity index (χ1v) is 8.81. The molecular formula is C22H27NO2. The molecule has 3 nitrogen and oxygen atoms in total. The summed E-state index contributed by atoms with van der Waals surface area (Å²) in [5.41, 5.74) is 6.05. The van der Waals surface area contributed by atoms with Crippen molar-refractivity contribution in [2.24, 2.45) is 5.41 Å². The summed E-state index contributed by atoms with van der Waals surface area (Å²) in [4.78, 5) is 11.2. The second kappa shape index (κ2) is 5.91. The van der Waals surface area contributed by atoms with Crippen LogP contribution in [0.2, 0.25) is 0 Å². The standard InChI is InChI=1S/C22H27NO2/c1-21(2,3)17-8-6-7-14(12-17)15-9-10-18-16(11-15)13-22(4,5)19(18)23-20(24)25/h6-12,19,23H,13H2,1-5H3,(H,24,25). The molecule has 0 fully saturated rings. The first-order chi connectivity index (χ1) is 11.6. The molecule has 1 amide bonds. The predicted molar refractivity (Wildman–Crippen MR) is 102 cm³/mol. The summed E-state index contributed by atoms with van der Waals surface area (Å²) in [6, 6.07) is 15.0. The first-order valence-electron chi connectivity index (χ1n) is 8.81. The highest BCUT2D eigenvalue weighted by molar-refractivity contribution is 5.69. The highest BCUT2D eigenvalue weighted by Crippen LogP contribution is 2.46. The van der Waals surface area contributed by atoms with Gasteiger partial charge in [-0.25, -0.2) is 4.79 Å². The molecule has 0 saturated carbocycles. The van der Waals surface area contributed by atoms with Crippen LogP contribution < -0.4 is 5.32 Å². The SMILES string of the molecule is CC(C)(C)c1cccc(-c2ccc3c(c2)CC(C)(C)C3NC(=O)O)c1. The van der Waals surface area contributed by atoms with E-state index in [1.807, 2.05) is 0 Å². The molecular weight excluding hydrogens is 310 g/mol. The van der Waals surface area contributed by atoms with Crippen LogP contribution in [0.15, 0.2) is 42.5 Å². The lowest BCUT2D eigenvalue weighted by atomic mass is 9.85. The Bertz CT molecular complexity index is 815. The molecule has 3 rings (SSSR count). The third kappa shape index (κ3) is 3.41. The van der Waals surface area contributed by atoms with Crippen molar-refractivity contribution in [1.29, 1.82) is 0 Å². The van der Waals surface area contributed by atoms with E-state index in [0.717, 1.165) is 12.0 Å². The van der Waals surface area contributed by atoms with Crippen molar-refractivity contribution >= 4 is 6.09 Å². The van der Waals surface area contributed by atoms with E-state index in [-0.39, 0.29) is 16.9 Å². The molecule has 3 heteroatoms. The number of carbonyl (C=O) groups is 1. The maximum absolute atomic E-state index is 11.2. The van der Waals surface area contributed by atoms with Crippen molar-refractivity contribution in [3.63, 3.8) is 0 Å². The van der Waals surface area contributed by atoms with Gasteiger partial charge in [0.1, 0.15) is 0 Å². The van der Waals surface area contributed by atoms with E-state index in [0.29, 0.717) is 0 Å². The van der Waals surface area contributed by atoms with Crippen LogP contribution in [0, 0.1) is 5.41 Å². The number of hydrogen-bond acceptors (Lipinski definition) is 1. The highest BCUT2D eigenvalue weighted by Gasteiger charge is 2.40. The van der Waals surface area contributed by atoms with E-state index in [1.54, 1.807) is 0 Å². The molecule has 0 heterocycles. The van der Waals surface area contributed by atoms with Crippen LogP contribution in [0.1, 0.15) is 57.4 Å². The number of fused-ring (bicyclic) bond motifs is 1. The highest BCUT2D eigenvalue weighted by atomic mass is 16.4. The van der Waals surface area contributed by atoms with Gasteiger partial charge in [0.2, 0.25) is 0 Å². The van der Waals surface area contributed by atoms with Crippen molar-refractivity contribution in [3.05, 3.63) is 59.2 Å². The Balaban J connectivity index is 2.00. The summed E-state index contributed by atoms with van der Waals surface area (Å²) in [5.74, 6) is 0. The van der Waals surface area contributed by atoms with Crippen molar-refractivity contribution in [3.8, 4) is 11.1 Å². The van der Waals surface area contributed by atoms with E-state index in [1.165, 1.54) is 22.3 Å². The summed E-state index contributed by atoms with van der Waals surface area (Å²) < 4.78 is 0. The smallest absolute Gasteiger partial charge is 0.405 e. The van der Waals surface area contributed by atoms with Gasteiger partial charge in [0.15, 0.2) is 0 Å². The Morgan fingerprint density at radius 3 is 2.44 bits per heavy atom. The zero-order valence-electron chi connectivity index (χ0n) is 15.7. The summed E-state index contributed by atoms with van der Waals surface area (Å²) >= 11 is 0. The molecule has 0 bridgehead atoms. The third-order valence-corrected chi connectivity index (χ3v) is 5.21. The number of hydrogen-bond donors (Lipinski definition) is 2. The average Bonchev–Trinajstić information content (AvgIpc) is 2.76. The van der Waals surface area contributed by atoms with E-state index in [2.05, 4.69) is 82.4 Å². The maximum atomic E-state index is 11.2. The number of amides is 1. The normalized spacial score (nSPS) is 18.7. The van der Waals surface area contributed by atoms with Gasteiger partial charge >= 0.3 is 6.09 Å². The Labute approximate surface area is 150 Å². The summed E-state index contributed by atoms with van der Waals surface area (Å²) in [7, 11) is 0. The van der Waals surface area contributed by atoms with Gasteiger partial charge in [0.25, 0.3) is 0 Å². The molecule has 1 unspecified atom stereocenters. The number of carboxylic acid groups (broad SMARTS) is 1. The molecule has 1 aliphatic rings. The predicted octanol–water partition coefficient (Wildman–Crippen LogP) is 5.54. The molecule has 1 atom stereocenters. The lowest BCUT2D eigenvalue weighted by Crippen LogP contribution is -2.34. The summed E-state index contributed by atoms with van der Waals surface area (Å²) in [6.07, 6.45) is -0.0898. The molecule has 25 heavy (non-hydrogen) atoms. The topological polar surface area (TPSA) is 49.3 Å². The van der Waals surface area contributed by atoms with Gasteiger partial charge in [-0.05, 0) is 45.1 Å². The van der Waals surface area contributed by atoms with Crippen molar-refractivity contribution in [1.82, 2.24) is 5.32 Å². The van der Waals surface area contributed by atoms with Crippen molar-refractivity contribution < 1.29 is 9.90 Å². The molecule has 132 valence electrons. The minimum Gasteiger partial charge on any atom is -0.465 e. The molecule has 0 aliphatic heterocycles. The molecule has 0 spiro atoms. The fourth-order valence-electron chi connectivity index (χ4n) is 3.80. The van der Waals surface area contributed by atoms with Crippen LogP contribution in [-0.4, -0.2) is 11.2 Å². The average molecular weight is 337 g/mol. The van der Waals surface area contributed by atoms with E-state index >= 15 is 0 Å². The molecule has 0 radical (unpaired) electrons. The molecule has 0 aromatic heterocycles. The lowest BCUT2D eigenvalue weighted by molar-refractivity contribution is 0.175. The zero-order chi connectivity index (χ0) is 18.4. The lowest BCUT2D eigenvalue weighted by Gasteiger charge is -2.27. The van der Waals surface area contributed by atoms with E-state index in [4.69, 9.17) is 5.11 Å². The summed E-state index contributed by atoms with van der Waals surface area (Å²) in [6.45, 7) is 10.9. The molecule has 2 N–H and O–H groups in total. The Morgan fingerprint density at radius 1 is 1.12 bits per heavy atom. The second-order valence-electron chi connectivity index (χ2n) is 8.79. The largest absolute Gasteiger partial charge is 0.465 e. The van der Waals surface area contributed by atoms with Gasteiger partial charge in [-0.2, -0.15) is 0 Å². The quantitative estimate of drug-likeness (QED) is 0.755. The fourth-order valence-corrected chi connectivity index (χ4v) is 3.80. The monoisotopic (exact) mass is 337 g/mol. The van der Waals surface area contributed by atoms with Crippen LogP contribution in [0.5, 0.6) is 0 Å². The maximum Gasteiger partial charge on any atom is 0.405 e. The van der Waals surface area contributed by atoms with Gasteiger partial charge in [0.05, 0.1) is 6.04 Å². The van der Waals surface area contributed by atoms with Gasteiger partial charge in [-0.3, -0.25) is 0 Å². The van der Waals surface area contributed by atoms with Crippen LogP contribution >= 0.6 is 0 Å². The Kier molecular flexibility index (Phi) is 4.14. The van der Waals surface area contributed by atoms with Crippen molar-refractivity contribution in [2.75, 3.05) is 0 Å². The summed E-state index contributed by atoms with van der Waals surface area (Å²) in [5, 5.41) is 11.9. The van der Waals surface area contributed by atoms with E-state index < -0.39 is 6.09 Å². The van der Waals surface area contributed by atoms with Gasteiger partial charge in [-0.1, -0.05) is 77.1 Å². The van der Waals surface area contributed by atoms with Crippen LogP contribution in [0.4, 0.5) is 4.79 Å².